The van der Waals surface area contributed by atoms with Crippen LogP contribution >= 0.6 is 0 Å². The largest absolute Gasteiger partial charge is 0.343 e. The van der Waals surface area contributed by atoms with Gasteiger partial charge in [0.05, 0.1) is 5.92 Å². The van der Waals surface area contributed by atoms with Crippen molar-refractivity contribution in [2.45, 2.75) is 34.1 Å². The van der Waals surface area contributed by atoms with Crippen molar-refractivity contribution in [2.24, 2.45) is 5.92 Å². The molecule has 2 rings (SSSR count). The van der Waals surface area contributed by atoms with E-state index in [0.29, 0.717) is 26.1 Å². The monoisotopic (exact) mass is 288 g/mol. The Balaban J connectivity index is 2.16. The van der Waals surface area contributed by atoms with Crippen molar-refractivity contribution in [3.05, 3.63) is 29.3 Å². The molecule has 114 valence electrons. The third kappa shape index (κ3) is 3.09. The third-order valence-electron chi connectivity index (χ3n) is 4.35. The zero-order valence-electron chi connectivity index (χ0n) is 13.3. The maximum absolute atomic E-state index is 12.4. The summed E-state index contributed by atoms with van der Waals surface area (Å²) < 4.78 is 0. The predicted octanol–water partition coefficient (Wildman–Crippen LogP) is 2.52. The van der Waals surface area contributed by atoms with Gasteiger partial charge >= 0.3 is 0 Å². The van der Waals surface area contributed by atoms with Gasteiger partial charge in [-0.25, -0.2) is 0 Å². The summed E-state index contributed by atoms with van der Waals surface area (Å²) in [6.07, 6.45) is 0.322. The number of amides is 2. The number of carbonyl (C=O) groups excluding carboxylic acids is 2. The summed E-state index contributed by atoms with van der Waals surface area (Å²) in [5, 5.41) is 0. The molecule has 0 N–H and O–H groups in total. The highest BCUT2D eigenvalue weighted by Crippen LogP contribution is 2.27. The van der Waals surface area contributed by atoms with Crippen LogP contribution in [0.3, 0.4) is 0 Å². The SMILES string of the molecule is CCN(CC)C(=O)C1CC(=O)N(c2ccc(C)c(C)c2)C1. The lowest BCUT2D eigenvalue weighted by atomic mass is 10.1. The fraction of sp³-hybridized carbons (Fsp3) is 0.529. The minimum Gasteiger partial charge on any atom is -0.343 e. The highest BCUT2D eigenvalue weighted by Gasteiger charge is 2.36. The summed E-state index contributed by atoms with van der Waals surface area (Å²) in [4.78, 5) is 28.2. The molecule has 1 saturated heterocycles. The summed E-state index contributed by atoms with van der Waals surface area (Å²) in [6, 6.07) is 6.01. The molecule has 2 amide bonds. The zero-order chi connectivity index (χ0) is 15.6. The van der Waals surface area contributed by atoms with Crippen molar-refractivity contribution in [3.63, 3.8) is 0 Å². The molecule has 21 heavy (non-hydrogen) atoms. The van der Waals surface area contributed by atoms with Crippen LogP contribution < -0.4 is 4.90 Å². The van der Waals surface area contributed by atoms with E-state index in [1.807, 2.05) is 43.9 Å². The first-order chi connectivity index (χ1) is 9.97. The summed E-state index contributed by atoms with van der Waals surface area (Å²) in [5.41, 5.74) is 3.28. The molecule has 1 aromatic carbocycles. The molecule has 1 heterocycles. The van der Waals surface area contributed by atoms with Crippen molar-refractivity contribution >= 4 is 17.5 Å². The van der Waals surface area contributed by atoms with E-state index in [0.717, 1.165) is 5.69 Å². The molecule has 1 aliphatic heterocycles. The quantitative estimate of drug-likeness (QED) is 0.854. The number of nitrogens with zero attached hydrogens (tertiary/aromatic N) is 2. The summed E-state index contributed by atoms with van der Waals surface area (Å²) in [6.45, 7) is 9.93. The highest BCUT2D eigenvalue weighted by molar-refractivity contribution is 6.00. The molecule has 0 saturated carbocycles. The molecular formula is C17H24N2O2. The van der Waals surface area contributed by atoms with Gasteiger partial charge in [0.15, 0.2) is 0 Å². The summed E-state index contributed by atoms with van der Waals surface area (Å²) >= 11 is 0. The molecule has 4 nitrogen and oxygen atoms in total. The number of carbonyl (C=O) groups is 2. The van der Waals surface area contributed by atoms with Crippen molar-refractivity contribution in [1.82, 2.24) is 4.90 Å². The molecular weight excluding hydrogens is 264 g/mol. The summed E-state index contributed by atoms with van der Waals surface area (Å²) in [7, 11) is 0. The smallest absolute Gasteiger partial charge is 0.227 e. The zero-order valence-corrected chi connectivity index (χ0v) is 13.3. The molecule has 0 aliphatic carbocycles. The topological polar surface area (TPSA) is 40.6 Å². The van der Waals surface area contributed by atoms with Crippen LogP contribution in [0.15, 0.2) is 18.2 Å². The van der Waals surface area contributed by atoms with Crippen LogP contribution in [-0.4, -0.2) is 36.3 Å². The van der Waals surface area contributed by atoms with Crippen molar-refractivity contribution in [3.8, 4) is 0 Å². The normalized spacial score (nSPS) is 18.2. The average Bonchev–Trinajstić information content (AvgIpc) is 2.85. The number of hydrogen-bond donors (Lipinski definition) is 0. The van der Waals surface area contributed by atoms with E-state index in [9.17, 15) is 9.59 Å². The van der Waals surface area contributed by atoms with Gasteiger partial charge in [0.1, 0.15) is 0 Å². The first-order valence-corrected chi connectivity index (χ1v) is 7.64. The number of hydrogen-bond acceptors (Lipinski definition) is 2. The Bertz CT molecular complexity index is 550. The Labute approximate surface area is 126 Å². The Kier molecular flexibility index (Phi) is 4.66. The molecule has 1 aliphatic rings. The van der Waals surface area contributed by atoms with Crippen molar-refractivity contribution < 1.29 is 9.59 Å². The van der Waals surface area contributed by atoms with Gasteiger partial charge in [-0.15, -0.1) is 0 Å². The molecule has 1 unspecified atom stereocenters. The van der Waals surface area contributed by atoms with Gasteiger partial charge in [-0.1, -0.05) is 6.07 Å². The fourth-order valence-electron chi connectivity index (χ4n) is 2.81. The minimum atomic E-state index is -0.209. The van der Waals surface area contributed by atoms with Crippen molar-refractivity contribution in [2.75, 3.05) is 24.5 Å². The van der Waals surface area contributed by atoms with E-state index in [1.54, 1.807) is 4.90 Å². The standard InChI is InChI=1S/C17H24N2O2/c1-5-18(6-2)17(21)14-10-16(20)19(11-14)15-8-7-12(3)13(4)9-15/h7-9,14H,5-6,10-11H2,1-4H3. The van der Waals surface area contributed by atoms with E-state index >= 15 is 0 Å². The number of aryl methyl sites for hydroxylation is 2. The lowest BCUT2D eigenvalue weighted by Crippen LogP contribution is -2.37. The summed E-state index contributed by atoms with van der Waals surface area (Å²) in [5.74, 6) is -0.0672. The van der Waals surface area contributed by atoms with Gasteiger partial charge in [-0.2, -0.15) is 0 Å². The molecule has 1 aromatic rings. The number of benzene rings is 1. The molecule has 4 heteroatoms. The van der Waals surface area contributed by atoms with Gasteiger partial charge in [0, 0.05) is 31.7 Å². The van der Waals surface area contributed by atoms with Gasteiger partial charge in [-0.3, -0.25) is 9.59 Å². The molecule has 1 fully saturated rings. The minimum absolute atomic E-state index is 0.0451. The van der Waals surface area contributed by atoms with E-state index < -0.39 is 0 Å². The van der Waals surface area contributed by atoms with Gasteiger partial charge < -0.3 is 9.80 Å². The van der Waals surface area contributed by atoms with Crippen LogP contribution in [-0.2, 0) is 9.59 Å². The predicted molar refractivity (Wildman–Crippen MR) is 84.3 cm³/mol. The lowest BCUT2D eigenvalue weighted by Gasteiger charge is -2.23. The maximum atomic E-state index is 12.4. The third-order valence-corrected chi connectivity index (χ3v) is 4.35. The second-order valence-corrected chi connectivity index (χ2v) is 5.68. The van der Waals surface area contributed by atoms with Crippen LogP contribution in [0, 0.1) is 19.8 Å². The lowest BCUT2D eigenvalue weighted by molar-refractivity contribution is -0.135. The second-order valence-electron chi connectivity index (χ2n) is 5.68. The molecule has 1 atom stereocenters. The molecule has 0 spiro atoms. The molecule has 0 radical (unpaired) electrons. The van der Waals surface area contributed by atoms with Gasteiger partial charge in [0.2, 0.25) is 11.8 Å². The number of anilines is 1. The average molecular weight is 288 g/mol. The molecule has 0 bridgehead atoms. The van der Waals surface area contributed by atoms with Crippen LogP contribution in [0.4, 0.5) is 5.69 Å². The Hall–Kier alpha value is -1.84. The number of rotatable bonds is 4. The molecule has 0 aromatic heterocycles. The second kappa shape index (κ2) is 6.29. The van der Waals surface area contributed by atoms with E-state index in [1.165, 1.54) is 11.1 Å². The van der Waals surface area contributed by atoms with Crippen molar-refractivity contribution in [1.29, 1.82) is 0 Å². The Morgan fingerprint density at radius 2 is 1.90 bits per heavy atom. The van der Waals surface area contributed by atoms with Gasteiger partial charge in [-0.05, 0) is 51.0 Å². The van der Waals surface area contributed by atoms with Gasteiger partial charge in [0.25, 0.3) is 0 Å². The van der Waals surface area contributed by atoms with E-state index in [4.69, 9.17) is 0 Å². The van der Waals surface area contributed by atoms with Crippen LogP contribution in [0.5, 0.6) is 0 Å². The fourth-order valence-corrected chi connectivity index (χ4v) is 2.81. The first kappa shape index (κ1) is 15.5. The Morgan fingerprint density at radius 3 is 2.48 bits per heavy atom. The maximum Gasteiger partial charge on any atom is 0.227 e. The van der Waals surface area contributed by atoms with E-state index in [2.05, 4.69) is 6.92 Å². The Morgan fingerprint density at radius 1 is 1.24 bits per heavy atom. The van der Waals surface area contributed by atoms with Crippen LogP contribution in [0.2, 0.25) is 0 Å². The highest BCUT2D eigenvalue weighted by atomic mass is 16.2. The van der Waals surface area contributed by atoms with Crippen LogP contribution in [0.1, 0.15) is 31.4 Å². The van der Waals surface area contributed by atoms with Crippen LogP contribution in [0.25, 0.3) is 0 Å². The first-order valence-electron chi connectivity index (χ1n) is 7.64. The van der Waals surface area contributed by atoms with E-state index in [-0.39, 0.29) is 17.7 Å².